The number of halogens is 2. The average Bonchev–Trinajstić information content (AvgIpc) is 2.41. The summed E-state index contributed by atoms with van der Waals surface area (Å²) in [5, 5.41) is 13.0. The highest BCUT2D eigenvalue weighted by atomic mass is 35.5. The van der Waals surface area contributed by atoms with Crippen LogP contribution in [-0.2, 0) is 0 Å². The molecule has 0 saturated heterocycles. The Morgan fingerprint density at radius 3 is 2.55 bits per heavy atom. The molecule has 0 spiro atoms. The summed E-state index contributed by atoms with van der Waals surface area (Å²) in [5.41, 5.74) is -0.161. The van der Waals surface area contributed by atoms with Crippen molar-refractivity contribution >= 4 is 28.9 Å². The maximum absolute atomic E-state index is 13.4. The minimum atomic E-state index is -0.682. The lowest BCUT2D eigenvalue weighted by molar-refractivity contribution is -0.384. The van der Waals surface area contributed by atoms with E-state index in [1.807, 2.05) is 0 Å². The molecule has 2 aromatic carbocycles. The van der Waals surface area contributed by atoms with E-state index in [4.69, 9.17) is 11.6 Å². The normalized spacial score (nSPS) is 10.1. The van der Waals surface area contributed by atoms with E-state index in [1.165, 1.54) is 30.3 Å². The summed E-state index contributed by atoms with van der Waals surface area (Å²) in [5.74, 6) is -1.35. The Balaban J connectivity index is 2.25. The van der Waals surface area contributed by atoms with Crippen LogP contribution in [0.5, 0.6) is 0 Å². The van der Waals surface area contributed by atoms with Crippen LogP contribution >= 0.6 is 11.6 Å². The molecule has 102 valence electrons. The molecule has 1 amide bonds. The molecule has 0 heterocycles. The zero-order valence-corrected chi connectivity index (χ0v) is 10.7. The molecule has 0 aliphatic carbocycles. The number of carbonyl (C=O) groups is 1. The second-order valence-electron chi connectivity index (χ2n) is 3.86. The number of amides is 1. The molecule has 0 fully saturated rings. The predicted octanol–water partition coefficient (Wildman–Crippen LogP) is 3.64. The number of non-ortho nitro benzene ring substituents is 1. The van der Waals surface area contributed by atoms with Crippen LogP contribution in [0.2, 0.25) is 5.02 Å². The van der Waals surface area contributed by atoms with Crippen molar-refractivity contribution in [3.05, 3.63) is 69.0 Å². The third-order valence-corrected chi connectivity index (χ3v) is 2.84. The third-order valence-electron chi connectivity index (χ3n) is 2.53. The number of hydrogen-bond donors (Lipinski definition) is 1. The minimum Gasteiger partial charge on any atom is -0.321 e. The van der Waals surface area contributed by atoms with Crippen molar-refractivity contribution in [1.29, 1.82) is 0 Å². The van der Waals surface area contributed by atoms with Crippen LogP contribution in [0.3, 0.4) is 0 Å². The van der Waals surface area contributed by atoms with Gasteiger partial charge in [-0.05, 0) is 18.2 Å². The number of anilines is 1. The molecule has 0 bridgehead atoms. The van der Waals surface area contributed by atoms with Crippen LogP contribution in [0.1, 0.15) is 10.4 Å². The van der Waals surface area contributed by atoms with Crippen LogP contribution in [0.25, 0.3) is 0 Å². The lowest BCUT2D eigenvalue weighted by Gasteiger charge is -2.07. The van der Waals surface area contributed by atoms with E-state index in [0.717, 1.165) is 12.1 Å². The molecule has 0 unspecified atom stereocenters. The molecule has 0 radical (unpaired) electrons. The molecule has 2 rings (SSSR count). The molecule has 0 aliphatic heterocycles. The number of nitrogens with one attached hydrogen (secondary N) is 1. The molecule has 5 nitrogen and oxygen atoms in total. The number of rotatable bonds is 3. The molecule has 7 heteroatoms. The first-order valence-corrected chi connectivity index (χ1v) is 5.86. The monoisotopic (exact) mass is 294 g/mol. The first-order chi connectivity index (χ1) is 9.49. The molecule has 0 aliphatic rings. The van der Waals surface area contributed by atoms with Gasteiger partial charge in [0.2, 0.25) is 0 Å². The third kappa shape index (κ3) is 2.92. The highest BCUT2D eigenvalue weighted by Gasteiger charge is 2.14. The summed E-state index contributed by atoms with van der Waals surface area (Å²) in [6, 6.07) is 9.07. The van der Waals surface area contributed by atoms with E-state index in [1.54, 1.807) is 0 Å². The van der Waals surface area contributed by atoms with E-state index in [0.29, 0.717) is 0 Å². The lowest BCUT2D eigenvalue weighted by atomic mass is 10.2. The zero-order chi connectivity index (χ0) is 14.7. The standard InChI is InChI=1S/C13H8ClFN2O3/c14-10-7-8(17(19)20)5-6-12(10)16-13(18)9-3-1-2-4-11(9)15/h1-7H,(H,16,18). The van der Waals surface area contributed by atoms with Crippen molar-refractivity contribution in [2.75, 3.05) is 5.32 Å². The first kappa shape index (κ1) is 14.0. The van der Waals surface area contributed by atoms with Gasteiger partial charge in [0.1, 0.15) is 5.82 Å². The van der Waals surface area contributed by atoms with Gasteiger partial charge in [-0.15, -0.1) is 0 Å². The van der Waals surface area contributed by atoms with E-state index >= 15 is 0 Å². The fraction of sp³-hybridized carbons (Fsp3) is 0. The summed E-state index contributed by atoms with van der Waals surface area (Å²) in [4.78, 5) is 21.8. The minimum absolute atomic E-state index is 0.00360. The molecular formula is C13H8ClFN2O3. The van der Waals surface area contributed by atoms with Gasteiger partial charge in [-0.2, -0.15) is 0 Å². The molecule has 2 aromatic rings. The van der Waals surface area contributed by atoms with Crippen LogP contribution in [-0.4, -0.2) is 10.8 Å². The number of nitro benzene ring substituents is 1. The smallest absolute Gasteiger partial charge is 0.271 e. The number of carbonyl (C=O) groups excluding carboxylic acids is 1. The van der Waals surface area contributed by atoms with Gasteiger partial charge in [0.15, 0.2) is 0 Å². The Labute approximate surface area is 118 Å². The van der Waals surface area contributed by atoms with Gasteiger partial charge in [-0.25, -0.2) is 4.39 Å². The predicted molar refractivity (Wildman–Crippen MR) is 72.5 cm³/mol. The summed E-state index contributed by atoms with van der Waals surface area (Å²) in [7, 11) is 0. The zero-order valence-electron chi connectivity index (χ0n) is 9.97. The van der Waals surface area contributed by atoms with Crippen molar-refractivity contribution in [2.24, 2.45) is 0 Å². The van der Waals surface area contributed by atoms with Gasteiger partial charge >= 0.3 is 0 Å². The molecule has 0 atom stereocenters. The van der Waals surface area contributed by atoms with Crippen LogP contribution in [0, 0.1) is 15.9 Å². The van der Waals surface area contributed by atoms with E-state index in [9.17, 15) is 19.3 Å². The van der Waals surface area contributed by atoms with Crippen LogP contribution in [0.15, 0.2) is 42.5 Å². The first-order valence-electron chi connectivity index (χ1n) is 5.49. The topological polar surface area (TPSA) is 72.2 Å². The number of hydrogen-bond acceptors (Lipinski definition) is 3. The summed E-state index contributed by atoms with van der Waals surface area (Å²) in [6.45, 7) is 0. The van der Waals surface area contributed by atoms with Gasteiger partial charge in [0.25, 0.3) is 11.6 Å². The van der Waals surface area contributed by atoms with Gasteiger partial charge in [-0.3, -0.25) is 14.9 Å². The molecule has 1 N–H and O–H groups in total. The van der Waals surface area contributed by atoms with Crippen molar-refractivity contribution in [3.8, 4) is 0 Å². The Morgan fingerprint density at radius 1 is 1.25 bits per heavy atom. The van der Waals surface area contributed by atoms with Crippen LogP contribution < -0.4 is 5.32 Å². The highest BCUT2D eigenvalue weighted by molar-refractivity contribution is 6.34. The molecule has 0 aromatic heterocycles. The highest BCUT2D eigenvalue weighted by Crippen LogP contribution is 2.27. The lowest BCUT2D eigenvalue weighted by Crippen LogP contribution is -2.13. The quantitative estimate of drug-likeness (QED) is 0.694. The van der Waals surface area contributed by atoms with E-state index in [2.05, 4.69) is 5.32 Å². The number of nitrogens with zero attached hydrogens (tertiary/aromatic N) is 1. The molecule has 20 heavy (non-hydrogen) atoms. The van der Waals surface area contributed by atoms with Gasteiger partial charge in [-0.1, -0.05) is 23.7 Å². The Morgan fingerprint density at radius 2 is 1.95 bits per heavy atom. The van der Waals surface area contributed by atoms with Crippen LogP contribution in [0.4, 0.5) is 15.8 Å². The van der Waals surface area contributed by atoms with Crippen molar-refractivity contribution in [3.63, 3.8) is 0 Å². The maximum Gasteiger partial charge on any atom is 0.271 e. The Bertz CT molecular complexity index is 691. The summed E-state index contributed by atoms with van der Waals surface area (Å²) < 4.78 is 13.4. The van der Waals surface area contributed by atoms with E-state index in [-0.39, 0.29) is 22.0 Å². The second-order valence-corrected chi connectivity index (χ2v) is 4.26. The van der Waals surface area contributed by atoms with Gasteiger partial charge in [0.05, 0.1) is 21.2 Å². The van der Waals surface area contributed by atoms with Crippen molar-refractivity contribution in [2.45, 2.75) is 0 Å². The van der Waals surface area contributed by atoms with Crippen molar-refractivity contribution < 1.29 is 14.1 Å². The largest absolute Gasteiger partial charge is 0.321 e. The Kier molecular flexibility index (Phi) is 3.95. The van der Waals surface area contributed by atoms with E-state index < -0.39 is 16.6 Å². The fourth-order valence-corrected chi connectivity index (χ4v) is 1.78. The number of benzene rings is 2. The molecular weight excluding hydrogens is 287 g/mol. The average molecular weight is 295 g/mol. The SMILES string of the molecule is O=C(Nc1ccc([N+](=O)[O-])cc1Cl)c1ccccc1F. The maximum atomic E-state index is 13.4. The van der Waals surface area contributed by atoms with Gasteiger partial charge in [0, 0.05) is 12.1 Å². The number of nitro groups is 1. The fourth-order valence-electron chi connectivity index (χ4n) is 1.55. The summed E-state index contributed by atoms with van der Waals surface area (Å²) in [6.07, 6.45) is 0. The Hall–Kier alpha value is -2.47. The van der Waals surface area contributed by atoms with Crippen molar-refractivity contribution in [1.82, 2.24) is 0 Å². The van der Waals surface area contributed by atoms with Gasteiger partial charge < -0.3 is 5.32 Å². The molecule has 0 saturated carbocycles. The second kappa shape index (κ2) is 5.66. The summed E-state index contributed by atoms with van der Waals surface area (Å²) >= 11 is 5.83.